The van der Waals surface area contributed by atoms with Crippen molar-refractivity contribution in [3.05, 3.63) is 101 Å². The van der Waals surface area contributed by atoms with Gasteiger partial charge in [0.2, 0.25) is 0 Å². The first-order chi connectivity index (χ1) is 19.9. The molecule has 210 valence electrons. The van der Waals surface area contributed by atoms with Crippen molar-refractivity contribution in [1.82, 2.24) is 9.78 Å². The summed E-state index contributed by atoms with van der Waals surface area (Å²) in [7, 11) is 4.63. The average molecular weight is 554 g/mol. The summed E-state index contributed by atoms with van der Waals surface area (Å²) in [5.41, 5.74) is 4.14. The van der Waals surface area contributed by atoms with Crippen LogP contribution in [0.3, 0.4) is 0 Å². The Morgan fingerprint density at radius 1 is 0.829 bits per heavy atom. The van der Waals surface area contributed by atoms with Crippen LogP contribution in [0.4, 0.5) is 17.2 Å². The van der Waals surface area contributed by atoms with E-state index in [1.165, 1.54) is 13.3 Å². The van der Waals surface area contributed by atoms with Crippen LogP contribution in [-0.4, -0.2) is 42.9 Å². The molecular weight excluding hydrogens is 522 g/mol. The van der Waals surface area contributed by atoms with E-state index in [-0.39, 0.29) is 11.8 Å². The molecule has 1 aliphatic heterocycles. The summed E-state index contributed by atoms with van der Waals surface area (Å²) in [5.74, 6) is 1.19. The molecule has 5 rings (SSSR count). The molecule has 4 aromatic rings. The number of nitrogens with zero attached hydrogens (tertiary/aromatic N) is 2. The lowest BCUT2D eigenvalue weighted by Crippen LogP contribution is -2.32. The monoisotopic (exact) mass is 553 g/mol. The molecule has 0 saturated carbocycles. The topological polar surface area (TPSA) is 116 Å². The second-order valence-corrected chi connectivity index (χ2v) is 9.47. The van der Waals surface area contributed by atoms with Crippen molar-refractivity contribution in [3.63, 3.8) is 0 Å². The summed E-state index contributed by atoms with van der Waals surface area (Å²) in [4.78, 5) is 27.3. The molecule has 2 heterocycles. The van der Waals surface area contributed by atoms with Crippen LogP contribution in [0.25, 0.3) is 0 Å². The number of anilines is 3. The lowest BCUT2D eigenvalue weighted by molar-refractivity contribution is -0.113. The molecule has 1 aromatic heterocycles. The van der Waals surface area contributed by atoms with Gasteiger partial charge in [-0.2, -0.15) is 5.10 Å². The smallest absolute Gasteiger partial charge is 0.261 e. The Balaban J connectivity index is 1.61. The zero-order valence-corrected chi connectivity index (χ0v) is 23.4. The molecule has 0 radical (unpaired) electrons. The van der Waals surface area contributed by atoms with E-state index in [1.54, 1.807) is 44.0 Å². The molecule has 41 heavy (non-hydrogen) atoms. The number of hydrogen-bond donors (Lipinski definition) is 3. The van der Waals surface area contributed by atoms with Gasteiger partial charge in [-0.25, -0.2) is 4.68 Å². The fraction of sp³-hybridized carbons (Fsp3) is 0.194. The molecule has 0 unspecified atom stereocenters. The Kier molecular flexibility index (Phi) is 7.64. The molecule has 2 amide bonds. The molecular formula is C31H31N5O5. The Morgan fingerprint density at radius 2 is 1.54 bits per heavy atom. The van der Waals surface area contributed by atoms with Crippen LogP contribution >= 0.6 is 0 Å². The van der Waals surface area contributed by atoms with Crippen molar-refractivity contribution in [3.8, 4) is 17.2 Å². The Hall–Kier alpha value is -5.25. The van der Waals surface area contributed by atoms with Crippen LogP contribution in [0.2, 0.25) is 0 Å². The standard InChI is InChI=1S/C31H31N5O5/c1-18-13-15-20(16-14-18)34-30(37)22-17-32-36-27(21-9-8-12-25(40-4)28(21)41-5)26(19(2)33-29(22)36)31(38)35-23-10-6-7-11-24(23)39-3/h6-17,27,33H,1-5H3,(H,34,37)(H,35,38)/t27-/m1/s1. The number of rotatable bonds is 8. The second-order valence-electron chi connectivity index (χ2n) is 9.47. The number of aromatic nitrogens is 2. The first kappa shape index (κ1) is 27.3. The van der Waals surface area contributed by atoms with Gasteiger partial charge in [0.25, 0.3) is 11.8 Å². The number of para-hydroxylation sites is 3. The summed E-state index contributed by atoms with van der Waals surface area (Å²) < 4.78 is 18.4. The number of fused-ring (bicyclic) bond motifs is 1. The van der Waals surface area contributed by atoms with Crippen LogP contribution in [0.5, 0.6) is 17.2 Å². The minimum Gasteiger partial charge on any atom is -0.495 e. The number of carbonyl (C=O) groups excluding carboxylic acids is 2. The fourth-order valence-electron chi connectivity index (χ4n) is 4.90. The maximum Gasteiger partial charge on any atom is 0.261 e. The fourth-order valence-corrected chi connectivity index (χ4v) is 4.90. The summed E-state index contributed by atoms with van der Waals surface area (Å²) >= 11 is 0. The summed E-state index contributed by atoms with van der Waals surface area (Å²) in [6, 6.07) is 19.4. The number of ether oxygens (including phenoxy) is 3. The quantitative estimate of drug-likeness (QED) is 0.268. The number of allylic oxidation sites excluding steroid dienone is 1. The maximum atomic E-state index is 13.9. The third-order valence-electron chi connectivity index (χ3n) is 6.91. The van der Waals surface area contributed by atoms with E-state index >= 15 is 0 Å². The zero-order chi connectivity index (χ0) is 29.1. The van der Waals surface area contributed by atoms with Crippen molar-refractivity contribution < 1.29 is 23.8 Å². The minimum atomic E-state index is -0.757. The molecule has 10 heteroatoms. The molecule has 1 aliphatic rings. The summed E-state index contributed by atoms with van der Waals surface area (Å²) in [6.45, 7) is 3.77. The molecule has 0 aliphatic carbocycles. The van der Waals surface area contributed by atoms with Gasteiger partial charge in [0.15, 0.2) is 11.5 Å². The lowest BCUT2D eigenvalue weighted by atomic mass is 9.93. The van der Waals surface area contributed by atoms with Crippen LogP contribution in [0, 0.1) is 6.92 Å². The predicted molar refractivity (Wildman–Crippen MR) is 157 cm³/mol. The largest absolute Gasteiger partial charge is 0.495 e. The van der Waals surface area contributed by atoms with E-state index < -0.39 is 6.04 Å². The van der Waals surface area contributed by atoms with Crippen LogP contribution in [-0.2, 0) is 4.79 Å². The van der Waals surface area contributed by atoms with Gasteiger partial charge in [-0.15, -0.1) is 0 Å². The molecule has 3 aromatic carbocycles. The molecule has 1 atom stereocenters. The molecule has 0 fully saturated rings. The van der Waals surface area contributed by atoms with E-state index in [2.05, 4.69) is 21.0 Å². The van der Waals surface area contributed by atoms with Crippen molar-refractivity contribution in [1.29, 1.82) is 0 Å². The van der Waals surface area contributed by atoms with Crippen molar-refractivity contribution >= 4 is 29.0 Å². The SMILES string of the molecule is COc1ccccc1NC(=O)C1=C(C)Nc2c(C(=O)Nc3ccc(C)cc3)cnn2[C@@H]1c1cccc(OC)c1OC. The third-order valence-corrected chi connectivity index (χ3v) is 6.91. The van der Waals surface area contributed by atoms with Gasteiger partial charge in [0.1, 0.15) is 23.2 Å². The molecule has 3 N–H and O–H groups in total. The first-order valence-corrected chi connectivity index (χ1v) is 12.9. The molecule has 10 nitrogen and oxygen atoms in total. The lowest BCUT2D eigenvalue weighted by Gasteiger charge is -2.31. The number of nitrogens with one attached hydrogen (secondary N) is 3. The van der Waals surface area contributed by atoms with Crippen molar-refractivity contribution in [2.75, 3.05) is 37.3 Å². The van der Waals surface area contributed by atoms with Gasteiger partial charge in [-0.3, -0.25) is 9.59 Å². The summed E-state index contributed by atoms with van der Waals surface area (Å²) in [6.07, 6.45) is 1.49. The Bertz CT molecular complexity index is 1640. The highest BCUT2D eigenvalue weighted by atomic mass is 16.5. The van der Waals surface area contributed by atoms with Crippen LogP contribution < -0.4 is 30.2 Å². The van der Waals surface area contributed by atoms with Gasteiger partial charge < -0.3 is 30.2 Å². The van der Waals surface area contributed by atoms with E-state index in [1.807, 2.05) is 55.5 Å². The Labute approximate surface area is 237 Å². The van der Waals surface area contributed by atoms with E-state index in [4.69, 9.17) is 14.2 Å². The van der Waals surface area contributed by atoms with Gasteiger partial charge >= 0.3 is 0 Å². The average Bonchev–Trinajstić information content (AvgIpc) is 3.40. The number of benzene rings is 3. The van der Waals surface area contributed by atoms with Crippen molar-refractivity contribution in [2.45, 2.75) is 19.9 Å². The van der Waals surface area contributed by atoms with Gasteiger partial charge in [-0.05, 0) is 44.2 Å². The first-order valence-electron chi connectivity index (χ1n) is 12.9. The molecule has 0 saturated heterocycles. The van der Waals surface area contributed by atoms with Crippen molar-refractivity contribution in [2.24, 2.45) is 0 Å². The number of aryl methyl sites for hydroxylation is 1. The number of carbonyl (C=O) groups is 2. The minimum absolute atomic E-state index is 0.320. The van der Waals surface area contributed by atoms with E-state index in [9.17, 15) is 9.59 Å². The maximum absolute atomic E-state index is 13.9. The highest BCUT2D eigenvalue weighted by molar-refractivity contribution is 6.10. The third kappa shape index (κ3) is 5.19. The van der Waals surface area contributed by atoms with Crippen LogP contribution in [0.15, 0.2) is 84.2 Å². The Morgan fingerprint density at radius 3 is 2.24 bits per heavy atom. The number of methoxy groups -OCH3 is 3. The molecule has 0 bridgehead atoms. The number of hydrogen-bond acceptors (Lipinski definition) is 7. The molecule has 0 spiro atoms. The predicted octanol–water partition coefficient (Wildman–Crippen LogP) is 5.40. The zero-order valence-electron chi connectivity index (χ0n) is 23.4. The highest BCUT2D eigenvalue weighted by Crippen LogP contribution is 2.44. The van der Waals surface area contributed by atoms with E-state index in [0.29, 0.717) is 56.8 Å². The van der Waals surface area contributed by atoms with Crippen LogP contribution in [0.1, 0.15) is 34.5 Å². The second kappa shape index (κ2) is 11.5. The highest BCUT2D eigenvalue weighted by Gasteiger charge is 2.37. The van der Waals surface area contributed by atoms with Gasteiger partial charge in [0.05, 0.1) is 38.8 Å². The van der Waals surface area contributed by atoms with Gasteiger partial charge in [0, 0.05) is 16.9 Å². The number of amides is 2. The van der Waals surface area contributed by atoms with E-state index in [0.717, 1.165) is 5.56 Å². The van der Waals surface area contributed by atoms with Gasteiger partial charge in [-0.1, -0.05) is 42.0 Å². The normalized spacial score (nSPS) is 14.0. The summed E-state index contributed by atoms with van der Waals surface area (Å²) in [5, 5.41) is 13.7.